The molecular weight excluding hydrogens is 316 g/mol. The van der Waals surface area contributed by atoms with Crippen LogP contribution in [0.15, 0.2) is 53.5 Å². The predicted octanol–water partition coefficient (Wildman–Crippen LogP) is 2.49. The van der Waals surface area contributed by atoms with Gasteiger partial charge in [-0.2, -0.15) is 0 Å². The maximum absolute atomic E-state index is 12.6. The van der Waals surface area contributed by atoms with Gasteiger partial charge < -0.3 is 5.32 Å². The smallest absolute Gasteiger partial charge is 0.329 e. The molecule has 0 aliphatic carbocycles. The zero-order chi connectivity index (χ0) is 17.8. The van der Waals surface area contributed by atoms with Crippen molar-refractivity contribution in [1.29, 1.82) is 0 Å². The Labute approximate surface area is 146 Å². The second kappa shape index (κ2) is 7.34. The molecular formula is C19H22N4O2. The number of rotatable bonds is 6. The fourth-order valence-electron chi connectivity index (χ4n) is 3.03. The number of benzene rings is 1. The number of aromatic nitrogens is 3. The third kappa shape index (κ3) is 3.47. The van der Waals surface area contributed by atoms with Crippen LogP contribution in [-0.2, 0) is 17.9 Å². The summed E-state index contributed by atoms with van der Waals surface area (Å²) >= 11 is 0. The van der Waals surface area contributed by atoms with Crippen molar-refractivity contribution in [3.05, 3.63) is 64.8 Å². The summed E-state index contributed by atoms with van der Waals surface area (Å²) in [7, 11) is 0. The fraction of sp³-hybridized carbons (Fsp3) is 0.316. The summed E-state index contributed by atoms with van der Waals surface area (Å²) < 4.78 is 3.40. The maximum atomic E-state index is 12.6. The van der Waals surface area contributed by atoms with E-state index in [0.717, 1.165) is 16.7 Å². The van der Waals surface area contributed by atoms with Gasteiger partial charge in [0.05, 0.1) is 22.8 Å². The standard InChI is InChI=1S/C19H22N4O2/c1-3-22-16-9-4-5-10-17(16)23(19(22)25)13-11-18(24)21-14(2)15-8-6-7-12-20-15/h4-10,12,14H,3,11,13H2,1-2H3,(H,21,24). The molecule has 3 rings (SSSR count). The lowest BCUT2D eigenvalue weighted by Crippen LogP contribution is -2.30. The van der Waals surface area contributed by atoms with Gasteiger partial charge in [0, 0.05) is 25.7 Å². The number of nitrogens with one attached hydrogen (secondary N) is 1. The molecule has 0 bridgehead atoms. The molecule has 1 amide bonds. The zero-order valence-corrected chi connectivity index (χ0v) is 14.5. The van der Waals surface area contributed by atoms with Gasteiger partial charge in [-0.3, -0.25) is 18.9 Å². The molecule has 1 aromatic carbocycles. The number of pyridine rings is 1. The molecule has 0 saturated carbocycles. The first-order valence-electron chi connectivity index (χ1n) is 8.50. The predicted molar refractivity (Wildman–Crippen MR) is 97.3 cm³/mol. The van der Waals surface area contributed by atoms with Crippen LogP contribution in [0.1, 0.15) is 32.0 Å². The van der Waals surface area contributed by atoms with Crippen molar-refractivity contribution >= 4 is 16.9 Å². The van der Waals surface area contributed by atoms with Crippen LogP contribution in [0.3, 0.4) is 0 Å². The minimum absolute atomic E-state index is 0.0747. The first-order valence-corrected chi connectivity index (χ1v) is 8.50. The molecule has 1 N–H and O–H groups in total. The monoisotopic (exact) mass is 338 g/mol. The van der Waals surface area contributed by atoms with Crippen LogP contribution in [-0.4, -0.2) is 20.0 Å². The van der Waals surface area contributed by atoms with E-state index in [1.165, 1.54) is 0 Å². The molecule has 0 fully saturated rings. The zero-order valence-electron chi connectivity index (χ0n) is 14.5. The topological polar surface area (TPSA) is 68.9 Å². The van der Waals surface area contributed by atoms with Crippen LogP contribution in [0.4, 0.5) is 0 Å². The number of hydrogen-bond donors (Lipinski definition) is 1. The van der Waals surface area contributed by atoms with E-state index in [-0.39, 0.29) is 24.1 Å². The summed E-state index contributed by atoms with van der Waals surface area (Å²) in [5.41, 5.74) is 2.50. The van der Waals surface area contributed by atoms with Crippen LogP contribution >= 0.6 is 0 Å². The number of carbonyl (C=O) groups excluding carboxylic acids is 1. The van der Waals surface area contributed by atoms with Gasteiger partial charge in [0.25, 0.3) is 0 Å². The Morgan fingerprint density at radius 1 is 1.12 bits per heavy atom. The lowest BCUT2D eigenvalue weighted by molar-refractivity contribution is -0.122. The highest BCUT2D eigenvalue weighted by molar-refractivity contribution is 5.78. The number of amides is 1. The number of imidazole rings is 1. The molecule has 2 aromatic heterocycles. The molecule has 6 nitrogen and oxygen atoms in total. The van der Waals surface area contributed by atoms with Gasteiger partial charge in [0.1, 0.15) is 0 Å². The van der Waals surface area contributed by atoms with Gasteiger partial charge in [0.2, 0.25) is 5.91 Å². The van der Waals surface area contributed by atoms with E-state index in [0.29, 0.717) is 13.1 Å². The SMILES string of the molecule is CCn1c(=O)n(CCC(=O)NC(C)c2ccccn2)c2ccccc21. The Balaban J connectivity index is 1.72. The second-order valence-corrected chi connectivity index (χ2v) is 5.96. The molecule has 2 heterocycles. The van der Waals surface area contributed by atoms with Crippen LogP contribution in [0.2, 0.25) is 0 Å². The molecule has 25 heavy (non-hydrogen) atoms. The van der Waals surface area contributed by atoms with E-state index < -0.39 is 0 Å². The fourth-order valence-corrected chi connectivity index (χ4v) is 3.03. The molecule has 0 aliphatic heterocycles. The largest absolute Gasteiger partial charge is 0.348 e. The lowest BCUT2D eigenvalue weighted by Gasteiger charge is -2.13. The molecule has 0 radical (unpaired) electrons. The number of aryl methyl sites for hydroxylation is 2. The van der Waals surface area contributed by atoms with Crippen LogP contribution < -0.4 is 11.0 Å². The molecule has 1 unspecified atom stereocenters. The van der Waals surface area contributed by atoms with Crippen molar-refractivity contribution in [2.45, 2.75) is 39.4 Å². The van der Waals surface area contributed by atoms with Crippen molar-refractivity contribution in [3.63, 3.8) is 0 Å². The van der Waals surface area contributed by atoms with E-state index in [9.17, 15) is 9.59 Å². The first-order chi connectivity index (χ1) is 12.1. The summed E-state index contributed by atoms with van der Waals surface area (Å²) in [6, 6.07) is 13.1. The molecule has 1 atom stereocenters. The number of para-hydroxylation sites is 2. The molecule has 0 saturated heterocycles. The molecule has 6 heteroatoms. The van der Waals surface area contributed by atoms with Gasteiger partial charge in [-0.1, -0.05) is 18.2 Å². The lowest BCUT2D eigenvalue weighted by atomic mass is 10.2. The summed E-state index contributed by atoms with van der Waals surface area (Å²) in [6.07, 6.45) is 1.95. The highest BCUT2D eigenvalue weighted by atomic mass is 16.2. The summed E-state index contributed by atoms with van der Waals surface area (Å²) in [6.45, 7) is 4.80. The average molecular weight is 338 g/mol. The van der Waals surface area contributed by atoms with Crippen molar-refractivity contribution in [1.82, 2.24) is 19.4 Å². The Morgan fingerprint density at radius 3 is 2.44 bits per heavy atom. The third-order valence-electron chi connectivity index (χ3n) is 4.31. The maximum Gasteiger partial charge on any atom is 0.329 e. The average Bonchev–Trinajstić information content (AvgIpc) is 2.91. The highest BCUT2D eigenvalue weighted by Crippen LogP contribution is 2.13. The Bertz CT molecular complexity index is 927. The molecule has 130 valence electrons. The Kier molecular flexibility index (Phi) is 4.97. The molecule has 0 aliphatic rings. The minimum atomic E-state index is -0.164. The van der Waals surface area contributed by atoms with E-state index in [1.807, 2.05) is 56.3 Å². The third-order valence-corrected chi connectivity index (χ3v) is 4.31. The van der Waals surface area contributed by atoms with Gasteiger partial charge in [-0.25, -0.2) is 4.79 Å². The highest BCUT2D eigenvalue weighted by Gasteiger charge is 2.14. The van der Waals surface area contributed by atoms with Gasteiger partial charge in [-0.05, 0) is 38.1 Å². The van der Waals surface area contributed by atoms with E-state index in [4.69, 9.17) is 0 Å². The van der Waals surface area contributed by atoms with Crippen molar-refractivity contribution in [3.8, 4) is 0 Å². The van der Waals surface area contributed by atoms with Gasteiger partial charge in [0.15, 0.2) is 0 Å². The summed E-state index contributed by atoms with van der Waals surface area (Å²) in [5, 5.41) is 2.93. The van der Waals surface area contributed by atoms with Crippen molar-refractivity contribution < 1.29 is 4.79 Å². The number of hydrogen-bond acceptors (Lipinski definition) is 3. The van der Waals surface area contributed by atoms with Gasteiger partial charge >= 0.3 is 5.69 Å². The van der Waals surface area contributed by atoms with Gasteiger partial charge in [-0.15, -0.1) is 0 Å². The Hall–Kier alpha value is -2.89. The number of fused-ring (bicyclic) bond motifs is 1. The summed E-state index contributed by atoms with van der Waals surface area (Å²) in [5.74, 6) is -0.0987. The minimum Gasteiger partial charge on any atom is -0.348 e. The van der Waals surface area contributed by atoms with E-state index >= 15 is 0 Å². The summed E-state index contributed by atoms with van der Waals surface area (Å²) in [4.78, 5) is 29.1. The van der Waals surface area contributed by atoms with Crippen LogP contribution in [0, 0.1) is 0 Å². The Morgan fingerprint density at radius 2 is 1.80 bits per heavy atom. The van der Waals surface area contributed by atoms with Crippen LogP contribution in [0.25, 0.3) is 11.0 Å². The first kappa shape index (κ1) is 17.0. The van der Waals surface area contributed by atoms with E-state index in [1.54, 1.807) is 15.3 Å². The van der Waals surface area contributed by atoms with Crippen molar-refractivity contribution in [2.75, 3.05) is 0 Å². The molecule has 3 aromatic rings. The quantitative estimate of drug-likeness (QED) is 0.751. The second-order valence-electron chi connectivity index (χ2n) is 5.96. The van der Waals surface area contributed by atoms with Crippen molar-refractivity contribution in [2.24, 2.45) is 0 Å². The normalized spacial score (nSPS) is 12.2. The van der Waals surface area contributed by atoms with E-state index in [2.05, 4.69) is 10.3 Å². The molecule has 0 spiro atoms. The number of carbonyl (C=O) groups is 1. The van der Waals surface area contributed by atoms with Crippen LogP contribution in [0.5, 0.6) is 0 Å². The number of nitrogens with zero attached hydrogens (tertiary/aromatic N) is 3.